The molecule has 0 saturated heterocycles. The lowest BCUT2D eigenvalue weighted by molar-refractivity contribution is 0.482. The third-order valence-electron chi connectivity index (χ3n) is 4.52. The van der Waals surface area contributed by atoms with Crippen molar-refractivity contribution in [1.29, 1.82) is 0 Å². The molecule has 0 fully saturated rings. The maximum Gasteiger partial charge on any atom is 0.297 e. The van der Waals surface area contributed by atoms with Crippen LogP contribution < -0.4 is 0 Å². The lowest BCUT2D eigenvalue weighted by Gasteiger charge is -2.08. The Balaban J connectivity index is 1.92. The molecule has 0 aliphatic carbocycles. The van der Waals surface area contributed by atoms with Crippen molar-refractivity contribution in [3.8, 4) is 0 Å². The van der Waals surface area contributed by atoms with Crippen LogP contribution in [0.25, 0.3) is 21.5 Å². The molecule has 0 unspecified atom stereocenters. The van der Waals surface area contributed by atoms with Gasteiger partial charge in [-0.15, -0.1) is 10.2 Å². The number of rotatable bonds is 4. The molecular weight excluding hydrogens is 428 g/mol. The maximum absolute atomic E-state index is 12.0. The molecule has 0 heterocycles. The average molecular weight is 442 g/mol. The first kappa shape index (κ1) is 20.1. The molecule has 4 aromatic carbocycles. The van der Waals surface area contributed by atoms with Gasteiger partial charge in [0.2, 0.25) is 0 Å². The zero-order valence-electron chi connectivity index (χ0n) is 15.2. The lowest BCUT2D eigenvalue weighted by Crippen LogP contribution is -1.99. The van der Waals surface area contributed by atoms with E-state index in [1.54, 1.807) is 48.5 Å². The molecule has 0 spiro atoms. The first-order chi connectivity index (χ1) is 14.2. The molecule has 8 nitrogen and oxygen atoms in total. The Labute approximate surface area is 172 Å². The third kappa shape index (κ3) is 3.68. The van der Waals surface area contributed by atoms with Crippen molar-refractivity contribution < 1.29 is 25.9 Å². The molecule has 0 aromatic heterocycles. The number of fused-ring (bicyclic) bond motifs is 2. The van der Waals surface area contributed by atoms with E-state index < -0.39 is 20.2 Å². The van der Waals surface area contributed by atoms with E-state index in [0.29, 0.717) is 16.2 Å². The quantitative estimate of drug-likeness (QED) is 0.341. The second-order valence-corrected chi connectivity index (χ2v) is 9.16. The topological polar surface area (TPSA) is 133 Å². The Hall–Kier alpha value is -3.18. The van der Waals surface area contributed by atoms with Gasteiger partial charge in [-0.3, -0.25) is 9.11 Å². The van der Waals surface area contributed by atoms with Crippen LogP contribution in [0.3, 0.4) is 0 Å². The summed E-state index contributed by atoms with van der Waals surface area (Å²) in [5.41, 5.74) is 0.187. The molecule has 152 valence electrons. The fourth-order valence-electron chi connectivity index (χ4n) is 3.26. The second kappa shape index (κ2) is 7.26. The van der Waals surface area contributed by atoms with Crippen molar-refractivity contribution in [3.05, 3.63) is 72.8 Å². The molecule has 10 heteroatoms. The summed E-state index contributed by atoms with van der Waals surface area (Å²) < 4.78 is 66.4. The summed E-state index contributed by atoms with van der Waals surface area (Å²) in [6.45, 7) is 0. The van der Waals surface area contributed by atoms with Gasteiger partial charge in [0.1, 0.15) is 15.5 Å². The highest BCUT2D eigenvalue weighted by Crippen LogP contribution is 2.36. The Morgan fingerprint density at radius 3 is 1.80 bits per heavy atom. The molecule has 0 aliphatic heterocycles. The summed E-state index contributed by atoms with van der Waals surface area (Å²) >= 11 is 0. The average Bonchev–Trinajstić information content (AvgIpc) is 2.69. The first-order valence-electron chi connectivity index (χ1n) is 8.56. The van der Waals surface area contributed by atoms with Crippen LogP contribution in [0.5, 0.6) is 0 Å². The van der Waals surface area contributed by atoms with Crippen molar-refractivity contribution in [2.75, 3.05) is 0 Å². The van der Waals surface area contributed by atoms with Gasteiger partial charge >= 0.3 is 0 Å². The monoisotopic (exact) mass is 442 g/mol. The molecule has 2 N–H and O–H groups in total. The third-order valence-corrected chi connectivity index (χ3v) is 6.38. The Morgan fingerprint density at radius 1 is 0.567 bits per heavy atom. The number of azo groups is 1. The van der Waals surface area contributed by atoms with Crippen molar-refractivity contribution in [2.24, 2.45) is 10.2 Å². The van der Waals surface area contributed by atoms with E-state index in [0.717, 1.165) is 0 Å². The summed E-state index contributed by atoms with van der Waals surface area (Å²) in [7, 11) is -9.05. The van der Waals surface area contributed by atoms with Crippen molar-refractivity contribution in [2.45, 2.75) is 9.79 Å². The zero-order chi connectivity index (χ0) is 21.5. The van der Waals surface area contributed by atoms with E-state index in [-0.39, 0.29) is 26.6 Å². The standard InChI is InChI=1S/C20H14N2O6S2/c23-29(24,25)19-12-11-17(15-7-3-4-8-16(15)19)21-22-18-10-9-13-5-1-2-6-14(13)20(18)30(26,27)28/h1-12H,(H,23,24,25)(H,26,27,28)/b22-21+. The van der Waals surface area contributed by atoms with E-state index in [1.807, 2.05) is 0 Å². The van der Waals surface area contributed by atoms with Crippen LogP contribution in [0.15, 0.2) is 92.8 Å². The summed E-state index contributed by atoms with van der Waals surface area (Å²) in [6.07, 6.45) is 0. The molecule has 30 heavy (non-hydrogen) atoms. The van der Waals surface area contributed by atoms with E-state index in [9.17, 15) is 25.9 Å². The predicted molar refractivity (Wildman–Crippen MR) is 112 cm³/mol. The van der Waals surface area contributed by atoms with Crippen molar-refractivity contribution in [3.63, 3.8) is 0 Å². The normalized spacial score (nSPS) is 12.7. The smallest absolute Gasteiger partial charge is 0.282 e. The number of hydrogen-bond acceptors (Lipinski definition) is 6. The van der Waals surface area contributed by atoms with Gasteiger partial charge in [0.25, 0.3) is 20.2 Å². The molecule has 0 radical (unpaired) electrons. The second-order valence-electron chi connectivity index (χ2n) is 6.41. The van der Waals surface area contributed by atoms with Crippen LogP contribution in [0.1, 0.15) is 0 Å². The van der Waals surface area contributed by atoms with Gasteiger partial charge in [-0.05, 0) is 23.6 Å². The molecule has 0 bridgehead atoms. The van der Waals surface area contributed by atoms with Gasteiger partial charge in [0, 0.05) is 16.2 Å². The van der Waals surface area contributed by atoms with Crippen molar-refractivity contribution >= 4 is 53.2 Å². The van der Waals surface area contributed by atoms with Crippen LogP contribution in [0, 0.1) is 0 Å². The van der Waals surface area contributed by atoms with Gasteiger partial charge in [-0.1, -0.05) is 54.6 Å². The minimum atomic E-state index is -4.60. The van der Waals surface area contributed by atoms with Crippen LogP contribution >= 0.6 is 0 Å². The summed E-state index contributed by atoms with van der Waals surface area (Å²) in [5, 5.41) is 9.62. The van der Waals surface area contributed by atoms with Crippen molar-refractivity contribution in [1.82, 2.24) is 0 Å². The highest BCUT2D eigenvalue weighted by molar-refractivity contribution is 7.86. The molecule has 4 aromatic rings. The summed E-state index contributed by atoms with van der Waals surface area (Å²) in [5.74, 6) is 0. The largest absolute Gasteiger partial charge is 0.297 e. The fraction of sp³-hybridized carbons (Fsp3) is 0. The van der Waals surface area contributed by atoms with Gasteiger partial charge in [0.05, 0.1) is 5.69 Å². The number of hydrogen-bond donors (Lipinski definition) is 2. The SMILES string of the molecule is O=S(=O)(O)c1c(/N=N/c2ccc(S(=O)(=O)O)c3ccccc23)ccc2ccccc12. The van der Waals surface area contributed by atoms with Gasteiger partial charge < -0.3 is 0 Å². The van der Waals surface area contributed by atoms with Gasteiger partial charge in [-0.25, -0.2) is 0 Å². The van der Waals surface area contributed by atoms with E-state index >= 15 is 0 Å². The zero-order valence-corrected chi connectivity index (χ0v) is 16.8. The minimum absolute atomic E-state index is 0.0702. The van der Waals surface area contributed by atoms with E-state index in [4.69, 9.17) is 0 Å². The highest BCUT2D eigenvalue weighted by atomic mass is 32.2. The fourth-order valence-corrected chi connectivity index (χ4v) is 4.79. The highest BCUT2D eigenvalue weighted by Gasteiger charge is 2.20. The molecule has 0 saturated carbocycles. The Bertz CT molecular complexity index is 1540. The minimum Gasteiger partial charge on any atom is -0.282 e. The van der Waals surface area contributed by atoms with Gasteiger partial charge in [0.15, 0.2) is 0 Å². The van der Waals surface area contributed by atoms with Crippen LogP contribution in [-0.4, -0.2) is 25.9 Å². The molecule has 0 aliphatic rings. The Morgan fingerprint density at radius 2 is 1.13 bits per heavy atom. The summed E-state index contributed by atoms with van der Waals surface area (Å²) in [6, 6.07) is 18.6. The predicted octanol–water partition coefficient (Wildman–Crippen LogP) is 4.90. The Kier molecular flexibility index (Phi) is 4.86. The lowest BCUT2D eigenvalue weighted by atomic mass is 10.1. The maximum atomic E-state index is 12.0. The van der Waals surface area contributed by atoms with Gasteiger partial charge in [-0.2, -0.15) is 16.8 Å². The van der Waals surface area contributed by atoms with Crippen LogP contribution in [0.4, 0.5) is 11.4 Å². The number of nitrogens with zero attached hydrogens (tertiary/aromatic N) is 2. The molecular formula is C20H14N2O6S2. The number of benzene rings is 4. The van der Waals surface area contributed by atoms with E-state index in [2.05, 4.69) is 10.2 Å². The first-order valence-corrected chi connectivity index (χ1v) is 11.4. The van der Waals surface area contributed by atoms with Crippen LogP contribution in [-0.2, 0) is 20.2 Å². The summed E-state index contributed by atoms with van der Waals surface area (Å²) in [4.78, 5) is -0.649. The van der Waals surface area contributed by atoms with Crippen LogP contribution in [0.2, 0.25) is 0 Å². The molecule has 0 amide bonds. The molecule has 0 atom stereocenters. The molecule has 4 rings (SSSR count). The van der Waals surface area contributed by atoms with E-state index in [1.165, 1.54) is 24.3 Å².